The number of hydrogen-bond acceptors (Lipinski definition) is 3. The van der Waals surface area contributed by atoms with Crippen LogP contribution in [0.15, 0.2) is 22.7 Å². The Morgan fingerprint density at radius 2 is 2.35 bits per heavy atom. The van der Waals surface area contributed by atoms with Gasteiger partial charge in [-0.15, -0.1) is 11.8 Å². The molecule has 1 aromatic rings. The maximum atomic E-state index is 12.3. The summed E-state index contributed by atoms with van der Waals surface area (Å²) in [5.41, 5.74) is 2.15. The summed E-state index contributed by atoms with van der Waals surface area (Å²) in [6, 6.07) is 6.02. The fourth-order valence-corrected chi connectivity index (χ4v) is 3.98. The highest BCUT2D eigenvalue weighted by Crippen LogP contribution is 2.29. The molecule has 0 bridgehead atoms. The number of thioether (sulfide) groups is 1. The summed E-state index contributed by atoms with van der Waals surface area (Å²) in [4.78, 5) is 12.3. The van der Waals surface area contributed by atoms with E-state index in [1.165, 1.54) is 5.56 Å². The smallest absolute Gasteiger partial charge is 0.237 e. The average molecular weight is 358 g/mol. The molecule has 0 aromatic heterocycles. The van der Waals surface area contributed by atoms with Crippen molar-refractivity contribution >= 4 is 39.3 Å². The van der Waals surface area contributed by atoms with Crippen molar-refractivity contribution in [1.82, 2.24) is 0 Å². The molecule has 0 radical (unpaired) electrons. The van der Waals surface area contributed by atoms with Gasteiger partial charge in [0, 0.05) is 23.0 Å². The summed E-state index contributed by atoms with van der Waals surface area (Å²) in [5, 5.41) is 3.04. The van der Waals surface area contributed by atoms with Crippen molar-refractivity contribution in [2.75, 3.05) is 18.2 Å². The number of hydrogen-bond donors (Lipinski definition) is 1. The van der Waals surface area contributed by atoms with Gasteiger partial charge in [-0.25, -0.2) is 0 Å². The summed E-state index contributed by atoms with van der Waals surface area (Å²) in [6.07, 6.45) is 3.01. The second kappa shape index (κ2) is 7.48. The molecule has 0 saturated heterocycles. The first kappa shape index (κ1) is 15.9. The van der Waals surface area contributed by atoms with Gasteiger partial charge in [-0.1, -0.05) is 22.9 Å². The van der Waals surface area contributed by atoms with E-state index in [4.69, 9.17) is 4.74 Å². The first-order chi connectivity index (χ1) is 9.63. The predicted molar refractivity (Wildman–Crippen MR) is 88.4 cm³/mol. The van der Waals surface area contributed by atoms with Crippen LogP contribution < -0.4 is 5.32 Å². The van der Waals surface area contributed by atoms with Crippen molar-refractivity contribution in [3.05, 3.63) is 28.2 Å². The van der Waals surface area contributed by atoms with Gasteiger partial charge >= 0.3 is 0 Å². The topological polar surface area (TPSA) is 38.3 Å². The van der Waals surface area contributed by atoms with Crippen LogP contribution in [-0.4, -0.2) is 30.1 Å². The lowest BCUT2D eigenvalue weighted by Crippen LogP contribution is -2.26. The number of ether oxygens (including phenoxy) is 1. The Morgan fingerprint density at radius 1 is 1.55 bits per heavy atom. The highest BCUT2D eigenvalue weighted by Gasteiger charge is 2.24. The number of methoxy groups -OCH3 is 1. The van der Waals surface area contributed by atoms with E-state index < -0.39 is 0 Å². The van der Waals surface area contributed by atoms with Crippen LogP contribution in [0.5, 0.6) is 0 Å². The molecule has 1 aromatic carbocycles. The molecule has 5 heteroatoms. The van der Waals surface area contributed by atoms with Gasteiger partial charge in [-0.05, 0) is 43.0 Å². The molecular formula is C15H20BrNO2S. The van der Waals surface area contributed by atoms with Gasteiger partial charge in [0.05, 0.1) is 11.4 Å². The fourth-order valence-electron chi connectivity index (χ4n) is 2.26. The minimum atomic E-state index is 0.00498. The minimum Gasteiger partial charge on any atom is -0.381 e. The fraction of sp³-hybridized carbons (Fsp3) is 0.533. The summed E-state index contributed by atoms with van der Waals surface area (Å²) in [7, 11) is 1.73. The lowest BCUT2D eigenvalue weighted by Gasteiger charge is -2.17. The zero-order chi connectivity index (χ0) is 14.5. The molecule has 1 aliphatic heterocycles. The highest BCUT2D eigenvalue weighted by atomic mass is 79.9. The molecular weight excluding hydrogens is 338 g/mol. The van der Waals surface area contributed by atoms with Crippen LogP contribution >= 0.6 is 27.7 Å². The van der Waals surface area contributed by atoms with Gasteiger partial charge in [-0.3, -0.25) is 4.79 Å². The second-order valence-electron chi connectivity index (χ2n) is 4.92. The number of rotatable bonds is 5. The van der Waals surface area contributed by atoms with Crippen LogP contribution in [0.4, 0.5) is 5.69 Å². The van der Waals surface area contributed by atoms with Crippen molar-refractivity contribution < 1.29 is 9.53 Å². The van der Waals surface area contributed by atoms with E-state index in [0.29, 0.717) is 0 Å². The van der Waals surface area contributed by atoms with Crippen LogP contribution in [0.1, 0.15) is 25.3 Å². The summed E-state index contributed by atoms with van der Waals surface area (Å²) >= 11 is 5.18. The number of nitrogens with one attached hydrogen (secondary N) is 1. The molecule has 20 heavy (non-hydrogen) atoms. The molecule has 0 saturated carbocycles. The third kappa shape index (κ3) is 3.99. The Hall–Kier alpha value is -0.520. The summed E-state index contributed by atoms with van der Waals surface area (Å²) in [6.45, 7) is 2.11. The van der Waals surface area contributed by atoms with E-state index >= 15 is 0 Å². The molecule has 0 fully saturated rings. The van der Waals surface area contributed by atoms with Crippen LogP contribution in [-0.2, 0) is 16.0 Å². The molecule has 110 valence electrons. The van der Waals surface area contributed by atoms with Gasteiger partial charge < -0.3 is 10.1 Å². The summed E-state index contributed by atoms with van der Waals surface area (Å²) < 4.78 is 6.43. The first-order valence-electron chi connectivity index (χ1n) is 6.87. The third-order valence-corrected chi connectivity index (χ3v) is 5.48. The SMILES string of the molecule is CCC(CSC1CCc2cc(Br)ccc2NC1=O)OC. The zero-order valence-corrected chi connectivity index (χ0v) is 14.2. The van der Waals surface area contributed by atoms with Crippen molar-refractivity contribution in [2.45, 2.75) is 37.5 Å². The second-order valence-corrected chi connectivity index (χ2v) is 7.07. The van der Waals surface area contributed by atoms with Crippen molar-refractivity contribution in [1.29, 1.82) is 0 Å². The average Bonchev–Trinajstić information content (AvgIpc) is 2.59. The number of fused-ring (bicyclic) bond motifs is 1. The Labute approximate surface area is 133 Å². The lowest BCUT2D eigenvalue weighted by molar-refractivity contribution is -0.115. The van der Waals surface area contributed by atoms with Gasteiger partial charge in [0.25, 0.3) is 0 Å². The standard InChI is InChI=1S/C15H20BrNO2S/c1-3-12(19-2)9-20-14-7-4-10-8-11(16)5-6-13(10)17-15(14)18/h5-6,8,12,14H,3-4,7,9H2,1-2H3,(H,17,18). The molecule has 3 nitrogen and oxygen atoms in total. The highest BCUT2D eigenvalue weighted by molar-refractivity contribution is 9.10. The summed E-state index contributed by atoms with van der Waals surface area (Å²) in [5.74, 6) is 0.979. The number of aryl methyl sites for hydroxylation is 1. The van der Waals surface area contributed by atoms with Gasteiger partial charge in [0.15, 0.2) is 0 Å². The molecule has 1 aliphatic rings. The Balaban J connectivity index is 2.00. The van der Waals surface area contributed by atoms with Crippen LogP contribution in [0, 0.1) is 0 Å². The van der Waals surface area contributed by atoms with Crippen LogP contribution in [0.2, 0.25) is 0 Å². The Kier molecular flexibility index (Phi) is 5.93. The maximum absolute atomic E-state index is 12.3. The molecule has 2 unspecified atom stereocenters. The van der Waals surface area contributed by atoms with E-state index in [2.05, 4.69) is 34.2 Å². The van der Waals surface area contributed by atoms with Gasteiger partial charge in [0.2, 0.25) is 5.91 Å². The normalized spacial score (nSPS) is 19.9. The lowest BCUT2D eigenvalue weighted by atomic mass is 10.1. The number of benzene rings is 1. The number of carbonyl (C=O) groups excluding carboxylic acids is 1. The quantitative estimate of drug-likeness (QED) is 0.869. The van der Waals surface area contributed by atoms with Crippen LogP contribution in [0.25, 0.3) is 0 Å². The first-order valence-corrected chi connectivity index (χ1v) is 8.72. The molecule has 0 spiro atoms. The predicted octanol–water partition coefficient (Wildman–Crippen LogP) is 3.86. The number of halogens is 1. The van der Waals surface area contributed by atoms with E-state index in [-0.39, 0.29) is 17.3 Å². The molecule has 1 amide bonds. The van der Waals surface area contributed by atoms with E-state index in [9.17, 15) is 4.79 Å². The van der Waals surface area contributed by atoms with E-state index in [1.54, 1.807) is 18.9 Å². The maximum Gasteiger partial charge on any atom is 0.237 e. The number of anilines is 1. The molecule has 2 rings (SSSR count). The monoisotopic (exact) mass is 357 g/mol. The Morgan fingerprint density at radius 3 is 3.05 bits per heavy atom. The number of amides is 1. The Bertz CT molecular complexity index is 477. The molecule has 1 heterocycles. The third-order valence-electron chi connectivity index (χ3n) is 3.57. The molecule has 2 atom stereocenters. The van der Waals surface area contributed by atoms with E-state index in [1.807, 2.05) is 12.1 Å². The van der Waals surface area contributed by atoms with Crippen molar-refractivity contribution in [2.24, 2.45) is 0 Å². The largest absolute Gasteiger partial charge is 0.381 e. The number of carbonyl (C=O) groups is 1. The van der Waals surface area contributed by atoms with Gasteiger partial charge in [-0.2, -0.15) is 0 Å². The molecule has 1 N–H and O–H groups in total. The van der Waals surface area contributed by atoms with E-state index in [0.717, 1.165) is 35.2 Å². The van der Waals surface area contributed by atoms with Crippen molar-refractivity contribution in [3.8, 4) is 0 Å². The molecule has 0 aliphatic carbocycles. The van der Waals surface area contributed by atoms with Gasteiger partial charge in [0.1, 0.15) is 0 Å². The minimum absolute atomic E-state index is 0.00498. The van der Waals surface area contributed by atoms with Crippen molar-refractivity contribution in [3.63, 3.8) is 0 Å². The zero-order valence-electron chi connectivity index (χ0n) is 11.8. The van der Waals surface area contributed by atoms with Crippen LogP contribution in [0.3, 0.4) is 0 Å².